The van der Waals surface area contributed by atoms with E-state index in [4.69, 9.17) is 9.47 Å². The van der Waals surface area contributed by atoms with Gasteiger partial charge in [-0.2, -0.15) is 0 Å². The molecule has 10 nitrogen and oxygen atoms in total. The Balaban J connectivity index is 1.36. The van der Waals surface area contributed by atoms with E-state index in [0.717, 1.165) is 50.6 Å². The minimum absolute atomic E-state index is 0.00780. The molecule has 0 saturated carbocycles. The number of unbranched alkanes of at least 4 members (excludes halogenated alkanes) is 3. The van der Waals surface area contributed by atoms with E-state index in [2.05, 4.69) is 15.6 Å². The highest BCUT2D eigenvalue weighted by molar-refractivity contribution is 7.90. The van der Waals surface area contributed by atoms with Crippen LogP contribution in [-0.4, -0.2) is 70.1 Å². The van der Waals surface area contributed by atoms with Crippen LogP contribution in [-0.2, 0) is 43.5 Å². The Kier molecular flexibility index (Phi) is 12.2. The summed E-state index contributed by atoms with van der Waals surface area (Å²) in [6.07, 6.45) is 4.19. The van der Waals surface area contributed by atoms with Crippen LogP contribution in [0.5, 0.6) is 5.75 Å². The normalized spacial score (nSPS) is 13.8. The first-order valence-electron chi connectivity index (χ1n) is 15.0. The number of nitrogens with one attached hydrogen (secondary N) is 2. The second kappa shape index (κ2) is 15.9. The number of aliphatic carboxylic acids is 1. The lowest BCUT2D eigenvalue weighted by molar-refractivity contribution is -0.145. The molecule has 3 aromatic rings. The molecule has 0 fully saturated rings. The van der Waals surface area contributed by atoms with Gasteiger partial charge in [-0.3, -0.25) is 9.59 Å². The Labute approximate surface area is 271 Å². The van der Waals surface area contributed by atoms with Crippen molar-refractivity contribution in [1.82, 2.24) is 15.6 Å². The van der Waals surface area contributed by atoms with E-state index >= 15 is 0 Å². The van der Waals surface area contributed by atoms with Gasteiger partial charge in [-0.15, -0.1) is 11.3 Å². The number of rotatable bonds is 18. The predicted molar refractivity (Wildman–Crippen MR) is 170 cm³/mol. The van der Waals surface area contributed by atoms with E-state index in [0.29, 0.717) is 47.2 Å². The average Bonchev–Trinajstić information content (AvgIpc) is 3.61. The van der Waals surface area contributed by atoms with Crippen LogP contribution >= 0.6 is 11.3 Å². The van der Waals surface area contributed by atoms with Crippen LogP contribution < -0.4 is 15.4 Å². The number of carbonyl (C=O) groups is 2. The molecule has 0 atom stereocenters. The van der Waals surface area contributed by atoms with Gasteiger partial charge in [0.2, 0.25) is 5.91 Å². The number of likely N-dealkylation sites (N-methyl/N-ethyl adjacent to an activating group) is 1. The van der Waals surface area contributed by atoms with Gasteiger partial charge in [-0.25, -0.2) is 22.2 Å². The van der Waals surface area contributed by atoms with Crippen molar-refractivity contribution < 1.29 is 41.4 Å². The summed E-state index contributed by atoms with van der Waals surface area (Å²) in [5, 5.41) is 17.5. The first-order chi connectivity index (χ1) is 21.9. The molecule has 0 bridgehead atoms. The van der Waals surface area contributed by atoms with Gasteiger partial charge in [0.25, 0.3) is 0 Å². The highest BCUT2D eigenvalue weighted by atomic mass is 32.2. The number of hydrogen-bond acceptors (Lipinski definition) is 9. The first-order valence-corrected chi connectivity index (χ1v) is 17.8. The highest BCUT2D eigenvalue weighted by Gasteiger charge is 2.46. The van der Waals surface area contributed by atoms with Crippen LogP contribution in [0.3, 0.4) is 0 Å². The summed E-state index contributed by atoms with van der Waals surface area (Å²) in [7, 11) is -1.74. The Bertz CT molecular complexity index is 1620. The number of thiazole rings is 1. The Hall–Kier alpha value is -3.46. The number of carbonyl (C=O) groups excluding carboxylic acids is 1. The molecule has 0 saturated heterocycles. The molecule has 4 rings (SSSR count). The van der Waals surface area contributed by atoms with Gasteiger partial charge in [-0.05, 0) is 80.6 Å². The molecule has 1 heterocycles. The fraction of sp³-hybridized carbons (Fsp3) is 0.469. The Morgan fingerprint density at radius 2 is 1.70 bits per heavy atom. The third kappa shape index (κ3) is 9.30. The second-order valence-electron chi connectivity index (χ2n) is 11.5. The van der Waals surface area contributed by atoms with Gasteiger partial charge in [-0.1, -0.05) is 6.42 Å². The van der Waals surface area contributed by atoms with Gasteiger partial charge < -0.3 is 25.2 Å². The van der Waals surface area contributed by atoms with Crippen LogP contribution in [0.2, 0.25) is 0 Å². The van der Waals surface area contributed by atoms with Gasteiger partial charge >= 0.3 is 5.97 Å². The third-order valence-corrected chi connectivity index (χ3v) is 9.77. The Morgan fingerprint density at radius 1 is 1.02 bits per heavy atom. The molecule has 250 valence electrons. The molecular weight excluding hydrogens is 640 g/mol. The molecule has 1 aliphatic carbocycles. The average molecular weight is 680 g/mol. The largest absolute Gasteiger partial charge is 0.492 e. The molecule has 1 aliphatic rings. The summed E-state index contributed by atoms with van der Waals surface area (Å²) in [4.78, 5) is 29.6. The number of carboxylic acids is 1. The number of carboxylic acid groups (broad SMARTS) is 1. The molecule has 0 spiro atoms. The maximum Gasteiger partial charge on any atom is 0.304 e. The molecule has 3 N–H and O–H groups in total. The van der Waals surface area contributed by atoms with Crippen molar-refractivity contribution in [2.75, 3.05) is 39.7 Å². The van der Waals surface area contributed by atoms with E-state index in [9.17, 15) is 31.9 Å². The van der Waals surface area contributed by atoms with Crippen molar-refractivity contribution >= 4 is 33.1 Å². The third-order valence-electron chi connectivity index (χ3n) is 7.80. The van der Waals surface area contributed by atoms with Crippen molar-refractivity contribution in [1.29, 1.82) is 0 Å². The topological polar surface area (TPSA) is 144 Å². The summed E-state index contributed by atoms with van der Waals surface area (Å²) in [5.41, 5.74) is 0.472. The van der Waals surface area contributed by atoms with Crippen LogP contribution in [0.25, 0.3) is 11.3 Å². The zero-order valence-electron chi connectivity index (χ0n) is 25.9. The highest BCUT2D eigenvalue weighted by Crippen LogP contribution is 2.41. The summed E-state index contributed by atoms with van der Waals surface area (Å²) >= 11 is 1.25. The molecule has 1 aromatic heterocycles. The van der Waals surface area contributed by atoms with Crippen molar-refractivity contribution in [2.45, 2.75) is 56.4 Å². The van der Waals surface area contributed by atoms with Gasteiger partial charge in [0.1, 0.15) is 15.7 Å². The molecule has 0 radical (unpaired) electrons. The van der Waals surface area contributed by atoms with Crippen molar-refractivity contribution in [3.63, 3.8) is 0 Å². The number of aromatic nitrogens is 1. The van der Waals surface area contributed by atoms with Crippen molar-refractivity contribution in [3.05, 3.63) is 63.5 Å². The number of hydrogen-bond donors (Lipinski definition) is 3. The zero-order chi connectivity index (χ0) is 33.3. The van der Waals surface area contributed by atoms with E-state index in [1.54, 1.807) is 17.5 Å². The second-order valence-corrected chi connectivity index (χ2v) is 14.4. The molecular formula is C32H39F2N3O7S2. The van der Waals surface area contributed by atoms with Crippen LogP contribution in [0.15, 0.2) is 40.6 Å². The Morgan fingerprint density at radius 3 is 2.33 bits per heavy atom. The quantitative estimate of drug-likeness (QED) is 0.165. The molecule has 14 heteroatoms. The minimum Gasteiger partial charge on any atom is -0.492 e. The lowest BCUT2D eigenvalue weighted by atomic mass is 9.80. The van der Waals surface area contributed by atoms with Crippen LogP contribution in [0.1, 0.15) is 48.2 Å². The summed E-state index contributed by atoms with van der Waals surface area (Å²) < 4.78 is 64.2. The number of nitrogens with zero attached hydrogens (tertiary/aromatic N) is 1. The predicted octanol–water partition coefficient (Wildman–Crippen LogP) is 4.54. The van der Waals surface area contributed by atoms with Crippen molar-refractivity contribution in [3.8, 4) is 17.0 Å². The lowest BCUT2D eigenvalue weighted by Crippen LogP contribution is -2.43. The smallest absolute Gasteiger partial charge is 0.304 e. The number of ether oxygens (including phenoxy) is 2. The van der Waals surface area contributed by atoms with E-state index in [-0.39, 0.29) is 30.0 Å². The number of sulfone groups is 1. The molecule has 0 aliphatic heterocycles. The monoisotopic (exact) mass is 679 g/mol. The minimum atomic E-state index is -3.62. The fourth-order valence-electron chi connectivity index (χ4n) is 5.47. The summed E-state index contributed by atoms with van der Waals surface area (Å²) in [5.74, 6) is -3.58. The van der Waals surface area contributed by atoms with Crippen molar-refractivity contribution in [2.24, 2.45) is 5.41 Å². The number of benzene rings is 2. The van der Waals surface area contributed by atoms with Crippen LogP contribution in [0.4, 0.5) is 8.78 Å². The molecule has 1 amide bonds. The summed E-state index contributed by atoms with van der Waals surface area (Å²) in [6.45, 7) is 2.58. The van der Waals surface area contributed by atoms with Gasteiger partial charge in [0.15, 0.2) is 21.5 Å². The molecule has 46 heavy (non-hydrogen) atoms. The molecule has 0 unspecified atom stereocenters. The van der Waals surface area contributed by atoms with E-state index < -0.39 is 45.2 Å². The van der Waals surface area contributed by atoms with E-state index in [1.807, 2.05) is 7.05 Å². The lowest BCUT2D eigenvalue weighted by Gasteiger charge is -2.25. The number of halogens is 2. The van der Waals surface area contributed by atoms with Gasteiger partial charge in [0.05, 0.1) is 37.3 Å². The molecule has 2 aromatic carbocycles. The standard InChI is InChI=1S/C32H39F2N3O7S2/c1-35-9-12-43-10-5-3-4-6-11-44-27-8-7-21(15-28(27)46(2,41)42)26-20-45-29(37-26)19-36-31(40)32(18-30(38)39)16-22-13-24(33)25(34)14-23(22)17-32/h7-8,13-15,20,35H,3-6,9-12,16-19H2,1-2H3,(H,36,40)(H,38,39). The summed E-state index contributed by atoms with van der Waals surface area (Å²) in [6, 6.07) is 6.88. The van der Waals surface area contributed by atoms with E-state index in [1.165, 1.54) is 17.4 Å². The SMILES string of the molecule is CNCCOCCCCCCOc1ccc(-c2csc(CNC(=O)C3(CC(=O)O)Cc4cc(F)c(F)cc4C3)n2)cc1S(C)(=O)=O. The maximum atomic E-state index is 13.8. The number of amides is 1. The maximum absolute atomic E-state index is 13.8. The zero-order valence-corrected chi connectivity index (χ0v) is 27.5. The van der Waals surface area contributed by atoms with Gasteiger partial charge in [0, 0.05) is 30.4 Å². The van der Waals surface area contributed by atoms with Crippen LogP contribution in [0, 0.1) is 17.0 Å². The fourth-order valence-corrected chi connectivity index (χ4v) is 7.04. The first kappa shape index (κ1) is 35.4. The number of fused-ring (bicyclic) bond motifs is 1.